The number of allylic oxidation sites excluding steroid dienone is 2. The molecule has 0 unspecified atom stereocenters. The van der Waals surface area contributed by atoms with Gasteiger partial charge >= 0.3 is 0 Å². The van der Waals surface area contributed by atoms with Crippen LogP contribution in [-0.4, -0.2) is 5.78 Å². The zero-order chi connectivity index (χ0) is 16.4. The number of carbonyl (C=O) groups is 1. The van der Waals surface area contributed by atoms with Crippen LogP contribution in [0.2, 0.25) is 0 Å². The fourth-order valence-electron chi connectivity index (χ4n) is 3.33. The lowest BCUT2D eigenvalue weighted by Crippen LogP contribution is -2.03. The van der Waals surface area contributed by atoms with Crippen LogP contribution in [-0.2, 0) is 6.42 Å². The predicted octanol–water partition coefficient (Wildman–Crippen LogP) is 5.70. The highest BCUT2D eigenvalue weighted by Gasteiger charge is 2.12. The Balaban J connectivity index is 1.70. The van der Waals surface area contributed by atoms with Crippen LogP contribution in [0.15, 0.2) is 72.8 Å². The first kappa shape index (κ1) is 14.6. The molecule has 0 bridgehead atoms. The van der Waals surface area contributed by atoms with Crippen molar-refractivity contribution >= 4 is 28.7 Å². The SMILES string of the molecule is O=C(/C=C/c1cccc2ccccc12)c1cccc2c1C=CCC2. The molecule has 0 saturated heterocycles. The molecule has 0 fully saturated rings. The summed E-state index contributed by atoms with van der Waals surface area (Å²) in [5, 5.41) is 2.35. The van der Waals surface area contributed by atoms with Crippen molar-refractivity contribution in [2.75, 3.05) is 0 Å². The van der Waals surface area contributed by atoms with Gasteiger partial charge in [0, 0.05) is 5.56 Å². The van der Waals surface area contributed by atoms with E-state index in [0.717, 1.165) is 29.5 Å². The summed E-state index contributed by atoms with van der Waals surface area (Å²) in [6, 6.07) is 20.4. The summed E-state index contributed by atoms with van der Waals surface area (Å²) in [6.07, 6.45) is 9.91. The number of fused-ring (bicyclic) bond motifs is 2. The van der Waals surface area contributed by atoms with E-state index >= 15 is 0 Å². The minimum atomic E-state index is 0.0614. The van der Waals surface area contributed by atoms with Gasteiger partial charge in [0.2, 0.25) is 0 Å². The van der Waals surface area contributed by atoms with Crippen LogP contribution in [0.4, 0.5) is 0 Å². The summed E-state index contributed by atoms with van der Waals surface area (Å²) in [4.78, 5) is 12.7. The summed E-state index contributed by atoms with van der Waals surface area (Å²) in [7, 11) is 0. The van der Waals surface area contributed by atoms with Crippen molar-refractivity contribution in [2.24, 2.45) is 0 Å². The maximum Gasteiger partial charge on any atom is 0.186 e. The second-order valence-electron chi connectivity index (χ2n) is 6.09. The Morgan fingerprint density at radius 2 is 1.75 bits per heavy atom. The molecule has 3 aromatic carbocycles. The van der Waals surface area contributed by atoms with Crippen LogP contribution in [0.5, 0.6) is 0 Å². The van der Waals surface area contributed by atoms with E-state index in [9.17, 15) is 4.79 Å². The Kier molecular flexibility index (Phi) is 3.84. The van der Waals surface area contributed by atoms with Crippen LogP contribution >= 0.6 is 0 Å². The largest absolute Gasteiger partial charge is 0.289 e. The van der Waals surface area contributed by atoms with Crippen LogP contribution in [0.3, 0.4) is 0 Å². The summed E-state index contributed by atoms with van der Waals surface area (Å²) < 4.78 is 0. The Morgan fingerprint density at radius 3 is 2.71 bits per heavy atom. The molecule has 1 nitrogen and oxygen atoms in total. The minimum Gasteiger partial charge on any atom is -0.289 e. The Hall–Kier alpha value is -2.93. The smallest absolute Gasteiger partial charge is 0.186 e. The molecule has 1 aliphatic rings. The molecule has 116 valence electrons. The summed E-state index contributed by atoms with van der Waals surface area (Å²) >= 11 is 0. The van der Waals surface area contributed by atoms with Crippen molar-refractivity contribution in [1.29, 1.82) is 0 Å². The number of carbonyl (C=O) groups excluding carboxylic acids is 1. The van der Waals surface area contributed by atoms with Crippen LogP contribution in [0.25, 0.3) is 22.9 Å². The van der Waals surface area contributed by atoms with Gasteiger partial charge in [0.15, 0.2) is 5.78 Å². The molecule has 0 atom stereocenters. The minimum absolute atomic E-state index is 0.0614. The highest BCUT2D eigenvalue weighted by Crippen LogP contribution is 2.24. The van der Waals surface area contributed by atoms with E-state index < -0.39 is 0 Å². The van der Waals surface area contributed by atoms with Crippen molar-refractivity contribution in [3.63, 3.8) is 0 Å². The average Bonchev–Trinajstić information content (AvgIpc) is 2.65. The van der Waals surface area contributed by atoms with Gasteiger partial charge in [0.1, 0.15) is 0 Å². The zero-order valence-corrected chi connectivity index (χ0v) is 13.4. The predicted molar refractivity (Wildman–Crippen MR) is 101 cm³/mol. The van der Waals surface area contributed by atoms with Crippen LogP contribution < -0.4 is 0 Å². The first-order valence-corrected chi connectivity index (χ1v) is 8.31. The standard InChI is InChI=1S/C23H18O/c24-23(22-14-6-11-18-8-2-4-13-21(18)22)16-15-19-10-5-9-17-7-1-3-12-20(17)19/h1,3-7,9-16H,2,8H2/b16-15+. The fraction of sp³-hybridized carbons (Fsp3) is 0.0870. The monoisotopic (exact) mass is 310 g/mol. The summed E-state index contributed by atoms with van der Waals surface area (Å²) in [5.41, 5.74) is 4.21. The van der Waals surface area contributed by atoms with E-state index in [1.54, 1.807) is 6.08 Å². The molecule has 1 heteroatoms. The fourth-order valence-corrected chi connectivity index (χ4v) is 3.33. The highest BCUT2D eigenvalue weighted by molar-refractivity contribution is 6.10. The van der Waals surface area contributed by atoms with Crippen molar-refractivity contribution in [2.45, 2.75) is 12.8 Å². The van der Waals surface area contributed by atoms with E-state index in [0.29, 0.717) is 0 Å². The quantitative estimate of drug-likeness (QED) is 0.448. The molecule has 0 saturated carbocycles. The van der Waals surface area contributed by atoms with E-state index in [4.69, 9.17) is 0 Å². The molecule has 0 amide bonds. The number of rotatable bonds is 3. The molecule has 4 rings (SSSR count). The first-order valence-electron chi connectivity index (χ1n) is 8.31. The Bertz CT molecular complexity index is 971. The molecular weight excluding hydrogens is 292 g/mol. The number of aryl methyl sites for hydroxylation is 1. The lowest BCUT2D eigenvalue weighted by Gasteiger charge is -2.13. The first-order chi connectivity index (χ1) is 11.8. The van der Waals surface area contributed by atoms with Crippen molar-refractivity contribution in [3.8, 4) is 0 Å². The number of benzene rings is 3. The van der Waals surface area contributed by atoms with Crippen LogP contribution in [0, 0.1) is 0 Å². The number of hydrogen-bond acceptors (Lipinski definition) is 1. The highest BCUT2D eigenvalue weighted by atomic mass is 16.1. The van der Waals surface area contributed by atoms with Gasteiger partial charge < -0.3 is 0 Å². The summed E-state index contributed by atoms with van der Waals surface area (Å²) in [5.74, 6) is 0.0614. The van der Waals surface area contributed by atoms with Gasteiger partial charge in [-0.2, -0.15) is 0 Å². The van der Waals surface area contributed by atoms with Gasteiger partial charge in [-0.15, -0.1) is 0 Å². The van der Waals surface area contributed by atoms with E-state index in [1.165, 1.54) is 16.3 Å². The summed E-state index contributed by atoms with van der Waals surface area (Å²) in [6.45, 7) is 0. The zero-order valence-electron chi connectivity index (χ0n) is 13.4. The van der Waals surface area contributed by atoms with Gasteiger partial charge in [-0.1, -0.05) is 78.9 Å². The number of ketones is 1. The van der Waals surface area contributed by atoms with Gasteiger partial charge in [0.25, 0.3) is 0 Å². The van der Waals surface area contributed by atoms with Crippen molar-refractivity contribution in [3.05, 3.63) is 95.1 Å². The van der Waals surface area contributed by atoms with Gasteiger partial charge in [-0.05, 0) is 46.4 Å². The van der Waals surface area contributed by atoms with Crippen LogP contribution in [0.1, 0.15) is 33.5 Å². The molecule has 0 radical (unpaired) electrons. The van der Waals surface area contributed by atoms with Crippen molar-refractivity contribution in [1.82, 2.24) is 0 Å². The van der Waals surface area contributed by atoms with Crippen molar-refractivity contribution < 1.29 is 4.79 Å². The van der Waals surface area contributed by atoms with E-state index in [-0.39, 0.29) is 5.78 Å². The molecule has 3 aromatic rings. The normalized spacial score (nSPS) is 13.3. The topological polar surface area (TPSA) is 17.1 Å². The third-order valence-corrected chi connectivity index (χ3v) is 4.56. The van der Waals surface area contributed by atoms with Gasteiger partial charge in [-0.3, -0.25) is 4.79 Å². The van der Waals surface area contributed by atoms with Gasteiger partial charge in [-0.25, -0.2) is 0 Å². The van der Waals surface area contributed by atoms with E-state index in [1.807, 2.05) is 42.5 Å². The molecule has 0 heterocycles. The average molecular weight is 310 g/mol. The maximum absolute atomic E-state index is 12.7. The third kappa shape index (κ3) is 2.69. The lowest BCUT2D eigenvalue weighted by atomic mass is 9.91. The second-order valence-corrected chi connectivity index (χ2v) is 6.09. The maximum atomic E-state index is 12.7. The Labute approximate surface area is 142 Å². The molecule has 0 aliphatic heterocycles. The molecule has 24 heavy (non-hydrogen) atoms. The number of hydrogen-bond donors (Lipinski definition) is 0. The molecular formula is C23H18O. The van der Waals surface area contributed by atoms with E-state index in [2.05, 4.69) is 36.4 Å². The molecule has 0 aromatic heterocycles. The molecule has 0 N–H and O–H groups in total. The van der Waals surface area contributed by atoms with Gasteiger partial charge in [0.05, 0.1) is 0 Å². The Morgan fingerprint density at radius 1 is 0.917 bits per heavy atom. The second kappa shape index (κ2) is 6.29. The third-order valence-electron chi connectivity index (χ3n) is 4.56. The molecule has 0 spiro atoms. The molecule has 1 aliphatic carbocycles. The lowest BCUT2D eigenvalue weighted by molar-refractivity contribution is 0.104.